The van der Waals surface area contributed by atoms with Crippen molar-refractivity contribution in [1.29, 1.82) is 0 Å². The highest BCUT2D eigenvalue weighted by Gasteiger charge is 1.99. The Kier molecular flexibility index (Phi) is 2.91. The van der Waals surface area contributed by atoms with Crippen molar-refractivity contribution in [2.45, 2.75) is 4.90 Å². The highest BCUT2D eigenvalue weighted by molar-refractivity contribution is 14.1. The maximum absolute atomic E-state index is 12.5. The lowest BCUT2D eigenvalue weighted by atomic mass is 10.5. The maximum atomic E-state index is 12.5. The summed E-state index contributed by atoms with van der Waals surface area (Å²) in [5.74, 6) is -0.273. The summed E-state index contributed by atoms with van der Waals surface area (Å²) in [6.07, 6.45) is 3.13. The van der Waals surface area contributed by atoms with Crippen LogP contribution in [0.3, 0.4) is 0 Å². The number of hydrogen-bond donors (Lipinski definition) is 0. The van der Waals surface area contributed by atoms with E-state index in [1.807, 2.05) is 6.26 Å². The van der Waals surface area contributed by atoms with Crippen molar-refractivity contribution in [1.82, 2.24) is 4.98 Å². The zero-order valence-corrected chi connectivity index (χ0v) is 8.24. The monoisotopic (exact) mass is 269 g/mol. The fourth-order valence-electron chi connectivity index (χ4n) is 0.547. The van der Waals surface area contributed by atoms with E-state index in [2.05, 4.69) is 27.6 Å². The van der Waals surface area contributed by atoms with E-state index in [9.17, 15) is 4.39 Å². The summed E-state index contributed by atoms with van der Waals surface area (Å²) in [6.45, 7) is 0. The van der Waals surface area contributed by atoms with Gasteiger partial charge in [-0.15, -0.1) is 11.8 Å². The van der Waals surface area contributed by atoms with Crippen molar-refractivity contribution in [2.24, 2.45) is 0 Å². The second-order valence-corrected chi connectivity index (χ2v) is 3.52. The molecule has 1 nitrogen and oxygen atoms in total. The van der Waals surface area contributed by atoms with Gasteiger partial charge < -0.3 is 0 Å². The van der Waals surface area contributed by atoms with Gasteiger partial charge in [0.15, 0.2) is 0 Å². The molecule has 0 aliphatic heterocycles. The number of hydrogen-bond acceptors (Lipinski definition) is 2. The fraction of sp³-hybridized carbons (Fsp3) is 0.167. The predicted molar refractivity (Wildman–Crippen MR) is 48.7 cm³/mol. The Balaban J connectivity index is 3.09. The van der Waals surface area contributed by atoms with E-state index in [1.54, 1.807) is 0 Å². The van der Waals surface area contributed by atoms with Gasteiger partial charge in [0.25, 0.3) is 0 Å². The second-order valence-electron chi connectivity index (χ2n) is 1.65. The van der Waals surface area contributed by atoms with Gasteiger partial charge in [-0.25, -0.2) is 9.37 Å². The minimum atomic E-state index is -0.273. The molecule has 1 heterocycles. The van der Waals surface area contributed by atoms with Gasteiger partial charge in [-0.3, -0.25) is 0 Å². The van der Waals surface area contributed by atoms with Gasteiger partial charge >= 0.3 is 0 Å². The summed E-state index contributed by atoms with van der Waals surface area (Å²) >= 11 is 3.58. The van der Waals surface area contributed by atoms with Gasteiger partial charge in [0.05, 0.1) is 6.20 Å². The van der Waals surface area contributed by atoms with Crippen LogP contribution in [0.15, 0.2) is 17.2 Å². The number of thioether (sulfide) groups is 1. The number of nitrogens with zero attached hydrogens (tertiary/aromatic N) is 1. The molecule has 0 aliphatic carbocycles. The third-order valence-corrected chi connectivity index (χ3v) is 2.97. The van der Waals surface area contributed by atoms with Crippen LogP contribution >= 0.6 is 34.4 Å². The SMILES string of the molecule is CSc1cc(F)cnc1I. The summed E-state index contributed by atoms with van der Waals surface area (Å²) in [5, 5.41) is 0. The van der Waals surface area contributed by atoms with Crippen LogP contribution < -0.4 is 0 Å². The maximum Gasteiger partial charge on any atom is 0.142 e. The molecule has 0 spiro atoms. The van der Waals surface area contributed by atoms with Gasteiger partial charge in [-0.2, -0.15) is 0 Å². The van der Waals surface area contributed by atoms with E-state index in [-0.39, 0.29) is 5.82 Å². The largest absolute Gasteiger partial charge is 0.246 e. The molecule has 54 valence electrons. The molecule has 0 radical (unpaired) electrons. The van der Waals surface area contributed by atoms with E-state index in [0.717, 1.165) is 8.60 Å². The molecule has 0 N–H and O–H groups in total. The first-order chi connectivity index (χ1) is 4.74. The van der Waals surface area contributed by atoms with Crippen molar-refractivity contribution in [3.63, 3.8) is 0 Å². The van der Waals surface area contributed by atoms with E-state index >= 15 is 0 Å². The number of pyridine rings is 1. The molecule has 0 amide bonds. The molecule has 10 heavy (non-hydrogen) atoms. The van der Waals surface area contributed by atoms with E-state index in [0.29, 0.717) is 0 Å². The molecule has 0 bridgehead atoms. The molecule has 0 unspecified atom stereocenters. The Morgan fingerprint density at radius 3 is 2.90 bits per heavy atom. The van der Waals surface area contributed by atoms with Crippen LogP contribution in [0.5, 0.6) is 0 Å². The Labute approximate surface area is 76.6 Å². The minimum absolute atomic E-state index is 0.273. The second kappa shape index (κ2) is 3.52. The molecule has 0 aromatic carbocycles. The highest BCUT2D eigenvalue weighted by atomic mass is 127. The lowest BCUT2D eigenvalue weighted by Crippen LogP contribution is -1.85. The zero-order valence-electron chi connectivity index (χ0n) is 5.27. The smallest absolute Gasteiger partial charge is 0.142 e. The van der Waals surface area contributed by atoms with Crippen molar-refractivity contribution in [3.8, 4) is 0 Å². The van der Waals surface area contributed by atoms with Crippen LogP contribution in [0.1, 0.15) is 0 Å². The molecule has 1 aromatic rings. The van der Waals surface area contributed by atoms with Gasteiger partial charge in [-0.05, 0) is 34.9 Å². The van der Waals surface area contributed by atoms with Gasteiger partial charge in [0, 0.05) is 4.90 Å². The average Bonchev–Trinajstić information content (AvgIpc) is 1.94. The zero-order chi connectivity index (χ0) is 7.56. The summed E-state index contributed by atoms with van der Waals surface area (Å²) < 4.78 is 13.3. The molecule has 0 saturated heterocycles. The summed E-state index contributed by atoms with van der Waals surface area (Å²) in [6, 6.07) is 1.49. The van der Waals surface area contributed by atoms with Crippen LogP contribution in [0, 0.1) is 9.52 Å². The van der Waals surface area contributed by atoms with Crippen molar-refractivity contribution >= 4 is 34.4 Å². The first-order valence-corrected chi connectivity index (χ1v) is 4.89. The first kappa shape index (κ1) is 8.26. The Morgan fingerprint density at radius 2 is 2.40 bits per heavy atom. The number of halogens is 2. The predicted octanol–water partition coefficient (Wildman–Crippen LogP) is 2.55. The van der Waals surface area contributed by atoms with E-state index in [4.69, 9.17) is 0 Å². The van der Waals surface area contributed by atoms with Crippen LogP contribution in [0.2, 0.25) is 0 Å². The standard InChI is InChI=1S/C6H5FINS/c1-10-5-2-4(7)3-9-6(5)8/h2-3H,1H3. The molecule has 0 aliphatic rings. The van der Waals surface area contributed by atoms with E-state index in [1.165, 1.54) is 24.0 Å². The normalized spacial score (nSPS) is 9.90. The first-order valence-electron chi connectivity index (χ1n) is 2.59. The molecule has 0 atom stereocenters. The van der Waals surface area contributed by atoms with Gasteiger partial charge in [0.1, 0.15) is 9.52 Å². The third-order valence-electron chi connectivity index (χ3n) is 0.993. The topological polar surface area (TPSA) is 12.9 Å². The third kappa shape index (κ3) is 1.82. The lowest BCUT2D eigenvalue weighted by Gasteiger charge is -1.97. The summed E-state index contributed by atoms with van der Waals surface area (Å²) in [4.78, 5) is 4.73. The van der Waals surface area contributed by atoms with Crippen molar-refractivity contribution in [2.75, 3.05) is 6.26 Å². The van der Waals surface area contributed by atoms with Crippen LogP contribution in [-0.2, 0) is 0 Å². The molecular weight excluding hydrogens is 264 g/mol. The lowest BCUT2D eigenvalue weighted by molar-refractivity contribution is 0.615. The van der Waals surface area contributed by atoms with Crippen molar-refractivity contribution in [3.05, 3.63) is 21.8 Å². The fourth-order valence-corrected chi connectivity index (χ4v) is 1.95. The van der Waals surface area contributed by atoms with Crippen molar-refractivity contribution < 1.29 is 4.39 Å². The Hall–Kier alpha value is 0.160. The van der Waals surface area contributed by atoms with Crippen LogP contribution in [-0.4, -0.2) is 11.2 Å². The quantitative estimate of drug-likeness (QED) is 0.441. The Morgan fingerprint density at radius 1 is 1.70 bits per heavy atom. The minimum Gasteiger partial charge on any atom is -0.246 e. The van der Waals surface area contributed by atoms with E-state index < -0.39 is 0 Å². The van der Waals surface area contributed by atoms with Crippen LogP contribution in [0.25, 0.3) is 0 Å². The Bertz CT molecular complexity index is 241. The average molecular weight is 269 g/mol. The van der Waals surface area contributed by atoms with Gasteiger partial charge in [-0.1, -0.05) is 0 Å². The number of aromatic nitrogens is 1. The summed E-state index contributed by atoms with van der Waals surface area (Å²) in [5.41, 5.74) is 0. The molecule has 0 fully saturated rings. The molecular formula is C6H5FINS. The highest BCUT2D eigenvalue weighted by Crippen LogP contribution is 2.20. The summed E-state index contributed by atoms with van der Waals surface area (Å²) in [7, 11) is 0. The van der Waals surface area contributed by atoms with Crippen LogP contribution in [0.4, 0.5) is 4.39 Å². The molecule has 0 saturated carbocycles. The number of rotatable bonds is 1. The molecule has 1 aromatic heterocycles. The van der Waals surface area contributed by atoms with Gasteiger partial charge in [0.2, 0.25) is 0 Å². The molecule has 4 heteroatoms. The molecule has 1 rings (SSSR count).